The van der Waals surface area contributed by atoms with Gasteiger partial charge >= 0.3 is 5.97 Å². The number of halogens is 1. The lowest BCUT2D eigenvalue weighted by molar-refractivity contribution is 0.0594. The van der Waals surface area contributed by atoms with Crippen molar-refractivity contribution in [2.24, 2.45) is 0 Å². The standard InChI is InChI=1S/C9H14N4O2.ClH/c1-15-9(14)8-6-13(12-11-8)7-2-4-10-5-3-7;/h6-7,10H,2-5H2,1H3;1H. The number of rotatable bonds is 2. The van der Waals surface area contributed by atoms with Crippen molar-refractivity contribution in [3.8, 4) is 0 Å². The van der Waals surface area contributed by atoms with Crippen LogP contribution >= 0.6 is 12.4 Å². The molecule has 0 spiro atoms. The minimum atomic E-state index is -0.435. The first-order chi connectivity index (χ1) is 7.31. The summed E-state index contributed by atoms with van der Waals surface area (Å²) < 4.78 is 6.33. The van der Waals surface area contributed by atoms with Gasteiger partial charge in [0.1, 0.15) is 0 Å². The molecule has 6 nitrogen and oxygen atoms in total. The Balaban J connectivity index is 0.00000128. The Bertz CT molecular complexity index is 349. The average Bonchev–Trinajstić information content (AvgIpc) is 2.78. The van der Waals surface area contributed by atoms with Crippen molar-refractivity contribution in [2.75, 3.05) is 20.2 Å². The van der Waals surface area contributed by atoms with Crippen molar-refractivity contribution >= 4 is 18.4 Å². The fourth-order valence-electron chi connectivity index (χ4n) is 1.72. The van der Waals surface area contributed by atoms with Crippen LogP contribution in [0.15, 0.2) is 6.20 Å². The summed E-state index contributed by atoms with van der Waals surface area (Å²) in [4.78, 5) is 11.2. The molecule has 0 amide bonds. The van der Waals surface area contributed by atoms with E-state index in [9.17, 15) is 4.79 Å². The highest BCUT2D eigenvalue weighted by molar-refractivity contribution is 5.86. The van der Waals surface area contributed by atoms with E-state index < -0.39 is 5.97 Å². The topological polar surface area (TPSA) is 69.0 Å². The number of esters is 1. The fourth-order valence-corrected chi connectivity index (χ4v) is 1.72. The van der Waals surface area contributed by atoms with E-state index in [1.807, 2.05) is 0 Å². The predicted octanol–water partition coefficient (Wildman–Crippen LogP) is 0.411. The van der Waals surface area contributed by atoms with Gasteiger partial charge in [0.2, 0.25) is 0 Å². The summed E-state index contributed by atoms with van der Waals surface area (Å²) in [6.07, 6.45) is 3.69. The largest absolute Gasteiger partial charge is 0.464 e. The molecule has 0 aromatic carbocycles. The van der Waals surface area contributed by atoms with E-state index in [1.54, 1.807) is 10.9 Å². The third-order valence-corrected chi connectivity index (χ3v) is 2.59. The number of piperidine rings is 1. The predicted molar refractivity (Wildman–Crippen MR) is 59.8 cm³/mol. The van der Waals surface area contributed by atoms with Crippen molar-refractivity contribution < 1.29 is 9.53 Å². The first-order valence-corrected chi connectivity index (χ1v) is 5.02. The molecule has 16 heavy (non-hydrogen) atoms. The van der Waals surface area contributed by atoms with Gasteiger partial charge in [0.15, 0.2) is 5.69 Å². The van der Waals surface area contributed by atoms with E-state index in [-0.39, 0.29) is 18.1 Å². The molecule has 1 N–H and O–H groups in total. The second-order valence-corrected chi connectivity index (χ2v) is 3.56. The highest BCUT2D eigenvalue weighted by Crippen LogP contribution is 2.17. The van der Waals surface area contributed by atoms with E-state index in [1.165, 1.54) is 7.11 Å². The summed E-state index contributed by atoms with van der Waals surface area (Å²) in [6.45, 7) is 1.97. The van der Waals surface area contributed by atoms with Gasteiger partial charge in [-0.15, -0.1) is 17.5 Å². The van der Waals surface area contributed by atoms with Crippen LogP contribution in [0.1, 0.15) is 29.4 Å². The second-order valence-electron chi connectivity index (χ2n) is 3.56. The molecule has 1 aromatic rings. The molecule has 0 bridgehead atoms. The molecule has 1 fully saturated rings. The molecule has 1 aliphatic heterocycles. The number of hydrogen-bond acceptors (Lipinski definition) is 5. The van der Waals surface area contributed by atoms with Gasteiger partial charge in [-0.2, -0.15) is 0 Å². The maximum Gasteiger partial charge on any atom is 0.360 e. The Morgan fingerprint density at radius 1 is 1.56 bits per heavy atom. The van der Waals surface area contributed by atoms with Crippen molar-refractivity contribution in [1.82, 2.24) is 20.3 Å². The van der Waals surface area contributed by atoms with Gasteiger partial charge in [-0.25, -0.2) is 9.48 Å². The number of nitrogens with one attached hydrogen (secondary N) is 1. The summed E-state index contributed by atoms with van der Waals surface area (Å²) in [6, 6.07) is 0.345. The van der Waals surface area contributed by atoms with Gasteiger partial charge in [0.05, 0.1) is 19.3 Å². The van der Waals surface area contributed by atoms with Crippen LogP contribution in [-0.2, 0) is 4.74 Å². The van der Waals surface area contributed by atoms with Crippen molar-refractivity contribution in [1.29, 1.82) is 0 Å². The Labute approximate surface area is 99.8 Å². The number of methoxy groups -OCH3 is 1. The number of hydrogen-bond donors (Lipinski definition) is 1. The van der Waals surface area contributed by atoms with Gasteiger partial charge in [0, 0.05) is 0 Å². The number of nitrogens with zero attached hydrogens (tertiary/aromatic N) is 3. The summed E-state index contributed by atoms with van der Waals surface area (Å²) >= 11 is 0. The van der Waals surface area contributed by atoms with Gasteiger partial charge in [-0.05, 0) is 25.9 Å². The lowest BCUT2D eigenvalue weighted by atomic mass is 10.1. The molecular formula is C9H15ClN4O2. The zero-order valence-corrected chi connectivity index (χ0v) is 9.87. The van der Waals surface area contributed by atoms with E-state index in [4.69, 9.17) is 0 Å². The first kappa shape index (κ1) is 12.9. The van der Waals surface area contributed by atoms with Crippen LogP contribution in [0.5, 0.6) is 0 Å². The minimum Gasteiger partial charge on any atom is -0.464 e. The van der Waals surface area contributed by atoms with Gasteiger partial charge in [0.25, 0.3) is 0 Å². The molecule has 1 aliphatic rings. The summed E-state index contributed by atoms with van der Waals surface area (Å²) in [5, 5.41) is 11.0. The molecule has 0 unspecified atom stereocenters. The van der Waals surface area contributed by atoms with Crippen LogP contribution in [0.3, 0.4) is 0 Å². The lowest BCUT2D eigenvalue weighted by Gasteiger charge is -2.21. The van der Waals surface area contributed by atoms with Crippen molar-refractivity contribution in [3.05, 3.63) is 11.9 Å². The molecule has 0 radical (unpaired) electrons. The fraction of sp³-hybridized carbons (Fsp3) is 0.667. The third kappa shape index (κ3) is 2.70. The first-order valence-electron chi connectivity index (χ1n) is 5.02. The van der Waals surface area contributed by atoms with E-state index in [2.05, 4.69) is 20.4 Å². The Kier molecular flexibility index (Phi) is 4.70. The Morgan fingerprint density at radius 3 is 2.88 bits per heavy atom. The smallest absolute Gasteiger partial charge is 0.360 e. The third-order valence-electron chi connectivity index (χ3n) is 2.59. The van der Waals surface area contributed by atoms with Crippen LogP contribution < -0.4 is 5.32 Å². The summed E-state index contributed by atoms with van der Waals surface area (Å²) in [7, 11) is 1.34. The monoisotopic (exact) mass is 246 g/mol. The zero-order chi connectivity index (χ0) is 10.7. The summed E-state index contributed by atoms with van der Waals surface area (Å²) in [5.41, 5.74) is 0.274. The maximum absolute atomic E-state index is 11.2. The molecule has 2 rings (SSSR count). The molecular weight excluding hydrogens is 232 g/mol. The van der Waals surface area contributed by atoms with Gasteiger partial charge in [-0.3, -0.25) is 0 Å². The Morgan fingerprint density at radius 2 is 2.25 bits per heavy atom. The minimum absolute atomic E-state index is 0. The highest BCUT2D eigenvalue weighted by atomic mass is 35.5. The quantitative estimate of drug-likeness (QED) is 0.766. The molecule has 0 aliphatic carbocycles. The number of carbonyl (C=O) groups excluding carboxylic acids is 1. The van der Waals surface area contributed by atoms with Crippen LogP contribution in [0, 0.1) is 0 Å². The highest BCUT2D eigenvalue weighted by Gasteiger charge is 2.18. The molecule has 0 atom stereocenters. The van der Waals surface area contributed by atoms with Crippen molar-refractivity contribution in [3.63, 3.8) is 0 Å². The molecule has 1 saturated heterocycles. The zero-order valence-electron chi connectivity index (χ0n) is 9.05. The van der Waals surface area contributed by atoms with Gasteiger partial charge in [-0.1, -0.05) is 5.21 Å². The van der Waals surface area contributed by atoms with Gasteiger partial charge < -0.3 is 10.1 Å². The molecule has 0 saturated carbocycles. The van der Waals surface area contributed by atoms with Crippen molar-refractivity contribution in [2.45, 2.75) is 18.9 Å². The van der Waals surface area contributed by atoms with Crippen LogP contribution in [0.25, 0.3) is 0 Å². The Hall–Kier alpha value is -1.14. The van der Waals surface area contributed by atoms with Crippen LogP contribution in [0.4, 0.5) is 0 Å². The number of ether oxygens (including phenoxy) is 1. The number of aromatic nitrogens is 3. The summed E-state index contributed by atoms with van der Waals surface area (Å²) in [5.74, 6) is -0.435. The molecule has 2 heterocycles. The average molecular weight is 247 g/mol. The molecule has 1 aromatic heterocycles. The van der Waals surface area contributed by atoms with Crippen LogP contribution in [0.2, 0.25) is 0 Å². The molecule has 90 valence electrons. The van der Waals surface area contributed by atoms with E-state index >= 15 is 0 Å². The normalized spacial score (nSPS) is 16.6. The van der Waals surface area contributed by atoms with E-state index in [0.29, 0.717) is 6.04 Å². The maximum atomic E-state index is 11.2. The number of carbonyl (C=O) groups is 1. The van der Waals surface area contributed by atoms with E-state index in [0.717, 1.165) is 25.9 Å². The SMILES string of the molecule is COC(=O)c1cn(C2CCNCC2)nn1.Cl. The lowest BCUT2D eigenvalue weighted by Crippen LogP contribution is -2.29. The van der Waals surface area contributed by atoms with Crippen LogP contribution in [-0.4, -0.2) is 41.2 Å². The second kappa shape index (κ2) is 5.81. The molecule has 7 heteroatoms.